The van der Waals surface area contributed by atoms with Gasteiger partial charge in [-0.3, -0.25) is 9.59 Å². The summed E-state index contributed by atoms with van der Waals surface area (Å²) in [5.41, 5.74) is 5.88. The number of likely N-dealkylation sites (tertiary alicyclic amines) is 1. The molecule has 1 saturated carbocycles. The van der Waals surface area contributed by atoms with E-state index in [0.717, 1.165) is 32.2 Å². The van der Waals surface area contributed by atoms with Crippen molar-refractivity contribution < 1.29 is 14.7 Å². The van der Waals surface area contributed by atoms with Gasteiger partial charge in [-0.1, -0.05) is 12.8 Å². The summed E-state index contributed by atoms with van der Waals surface area (Å²) >= 11 is 0. The maximum atomic E-state index is 12.4. The average molecular weight is 254 g/mol. The molecule has 1 aliphatic heterocycles. The van der Waals surface area contributed by atoms with E-state index in [-0.39, 0.29) is 17.9 Å². The van der Waals surface area contributed by atoms with E-state index in [1.54, 1.807) is 4.90 Å². The number of aliphatic carboxylic acids is 1. The first-order valence-electron chi connectivity index (χ1n) is 6.86. The highest BCUT2D eigenvalue weighted by atomic mass is 16.4. The first-order chi connectivity index (χ1) is 8.59. The van der Waals surface area contributed by atoms with Gasteiger partial charge in [0.15, 0.2) is 0 Å². The van der Waals surface area contributed by atoms with Crippen LogP contribution in [0.25, 0.3) is 0 Å². The number of amides is 1. The smallest absolute Gasteiger partial charge is 0.307 e. The van der Waals surface area contributed by atoms with E-state index >= 15 is 0 Å². The zero-order chi connectivity index (χ0) is 13.1. The van der Waals surface area contributed by atoms with Gasteiger partial charge in [0.1, 0.15) is 0 Å². The molecule has 102 valence electrons. The summed E-state index contributed by atoms with van der Waals surface area (Å²) in [4.78, 5) is 25.4. The second kappa shape index (κ2) is 5.69. The highest BCUT2D eigenvalue weighted by Crippen LogP contribution is 2.32. The van der Waals surface area contributed by atoms with Crippen molar-refractivity contribution in [2.45, 2.75) is 44.6 Å². The van der Waals surface area contributed by atoms with Crippen LogP contribution in [0.4, 0.5) is 0 Å². The molecule has 0 bridgehead atoms. The summed E-state index contributed by atoms with van der Waals surface area (Å²) < 4.78 is 0. The summed E-state index contributed by atoms with van der Waals surface area (Å²) in [6.07, 6.45) is 5.10. The van der Waals surface area contributed by atoms with Gasteiger partial charge in [0, 0.05) is 19.1 Å². The maximum absolute atomic E-state index is 12.4. The highest BCUT2D eigenvalue weighted by molar-refractivity contribution is 5.85. The van der Waals surface area contributed by atoms with Gasteiger partial charge >= 0.3 is 5.97 Å². The quantitative estimate of drug-likeness (QED) is 0.764. The predicted molar refractivity (Wildman–Crippen MR) is 66.9 cm³/mol. The van der Waals surface area contributed by atoms with Crippen LogP contribution in [0.3, 0.4) is 0 Å². The van der Waals surface area contributed by atoms with Gasteiger partial charge in [-0.2, -0.15) is 0 Å². The summed E-state index contributed by atoms with van der Waals surface area (Å²) in [5, 5.41) is 9.21. The van der Waals surface area contributed by atoms with Crippen LogP contribution in [-0.2, 0) is 9.59 Å². The Balaban J connectivity index is 2.03. The summed E-state index contributed by atoms with van der Waals surface area (Å²) in [6.45, 7) is 1.32. The van der Waals surface area contributed by atoms with Gasteiger partial charge in [-0.05, 0) is 25.7 Å². The third kappa shape index (κ3) is 2.83. The van der Waals surface area contributed by atoms with Crippen LogP contribution in [0.5, 0.6) is 0 Å². The Kier molecular flexibility index (Phi) is 4.22. The van der Waals surface area contributed by atoms with Crippen LogP contribution in [0, 0.1) is 11.8 Å². The molecule has 1 amide bonds. The third-order valence-corrected chi connectivity index (χ3v) is 4.17. The summed E-state index contributed by atoms with van der Waals surface area (Å²) in [7, 11) is 0. The van der Waals surface area contributed by atoms with E-state index in [4.69, 9.17) is 5.73 Å². The first kappa shape index (κ1) is 13.3. The SMILES string of the molecule is NC1CCCN(C(=O)[C@@H]2CCCC[C@@H]2C(=O)O)C1. The fraction of sp³-hybridized carbons (Fsp3) is 0.846. The zero-order valence-electron chi connectivity index (χ0n) is 10.7. The van der Waals surface area contributed by atoms with Crippen molar-refractivity contribution >= 4 is 11.9 Å². The molecule has 0 aromatic carbocycles. The third-order valence-electron chi connectivity index (χ3n) is 4.17. The van der Waals surface area contributed by atoms with Gasteiger partial charge in [-0.25, -0.2) is 0 Å². The second-order valence-corrected chi connectivity index (χ2v) is 5.52. The normalized spacial score (nSPS) is 33.2. The number of piperidine rings is 1. The largest absolute Gasteiger partial charge is 0.481 e. The van der Waals surface area contributed by atoms with Crippen LogP contribution in [0.15, 0.2) is 0 Å². The van der Waals surface area contributed by atoms with Crippen molar-refractivity contribution in [3.63, 3.8) is 0 Å². The van der Waals surface area contributed by atoms with Crippen LogP contribution in [0.2, 0.25) is 0 Å². The van der Waals surface area contributed by atoms with E-state index in [2.05, 4.69) is 0 Å². The minimum atomic E-state index is -0.825. The van der Waals surface area contributed by atoms with Crippen molar-refractivity contribution in [2.24, 2.45) is 17.6 Å². The number of carbonyl (C=O) groups excluding carboxylic acids is 1. The average Bonchev–Trinajstić information content (AvgIpc) is 2.38. The van der Waals surface area contributed by atoms with E-state index in [1.165, 1.54) is 0 Å². The van der Waals surface area contributed by atoms with Gasteiger partial charge in [0.05, 0.1) is 11.8 Å². The number of nitrogens with two attached hydrogens (primary N) is 1. The van der Waals surface area contributed by atoms with Crippen molar-refractivity contribution in [3.05, 3.63) is 0 Å². The highest BCUT2D eigenvalue weighted by Gasteiger charge is 2.38. The molecule has 3 N–H and O–H groups in total. The van der Waals surface area contributed by atoms with Crippen molar-refractivity contribution in [1.29, 1.82) is 0 Å². The van der Waals surface area contributed by atoms with Gasteiger partial charge in [-0.15, -0.1) is 0 Å². The molecule has 1 heterocycles. The Morgan fingerprint density at radius 1 is 1.06 bits per heavy atom. The lowest BCUT2D eigenvalue weighted by Gasteiger charge is -2.36. The van der Waals surface area contributed by atoms with Crippen molar-refractivity contribution in [1.82, 2.24) is 4.90 Å². The van der Waals surface area contributed by atoms with E-state index in [9.17, 15) is 14.7 Å². The molecular formula is C13H22N2O3. The molecule has 0 spiro atoms. The summed E-state index contributed by atoms with van der Waals surface area (Å²) in [6, 6.07) is 0.0505. The second-order valence-electron chi connectivity index (χ2n) is 5.52. The Hall–Kier alpha value is -1.10. The molecule has 2 aliphatic rings. The maximum Gasteiger partial charge on any atom is 0.307 e. The predicted octanol–water partition coefficient (Wildman–Crippen LogP) is 0.827. The standard InChI is InChI=1S/C13H22N2O3/c14-9-4-3-7-15(8-9)12(16)10-5-1-2-6-11(10)13(17)18/h9-11H,1-8,14H2,(H,17,18)/t9?,10-,11+/m1/s1. The minimum Gasteiger partial charge on any atom is -0.481 e. The lowest BCUT2D eigenvalue weighted by Crippen LogP contribution is -2.50. The molecule has 0 aromatic rings. The lowest BCUT2D eigenvalue weighted by atomic mass is 9.78. The molecule has 1 aliphatic carbocycles. The Morgan fingerprint density at radius 3 is 2.33 bits per heavy atom. The van der Waals surface area contributed by atoms with Crippen LogP contribution in [-0.4, -0.2) is 41.0 Å². The molecule has 18 heavy (non-hydrogen) atoms. The number of carboxylic acid groups (broad SMARTS) is 1. The van der Waals surface area contributed by atoms with Crippen LogP contribution >= 0.6 is 0 Å². The number of carboxylic acids is 1. The first-order valence-corrected chi connectivity index (χ1v) is 6.86. The molecule has 0 radical (unpaired) electrons. The molecule has 1 saturated heterocycles. The Labute approximate surface area is 107 Å². The van der Waals surface area contributed by atoms with E-state index in [0.29, 0.717) is 19.4 Å². The molecule has 2 rings (SSSR count). The fourth-order valence-corrected chi connectivity index (χ4v) is 3.17. The minimum absolute atomic E-state index is 0.0113. The van der Waals surface area contributed by atoms with Crippen LogP contribution in [0.1, 0.15) is 38.5 Å². The molecule has 3 atom stereocenters. The van der Waals surface area contributed by atoms with Gasteiger partial charge in [0.2, 0.25) is 5.91 Å². The Bertz CT molecular complexity index is 332. The van der Waals surface area contributed by atoms with Gasteiger partial charge in [0.25, 0.3) is 0 Å². The lowest BCUT2D eigenvalue weighted by molar-refractivity contribution is -0.152. The number of carbonyl (C=O) groups is 2. The topological polar surface area (TPSA) is 83.6 Å². The monoisotopic (exact) mass is 254 g/mol. The molecule has 5 heteroatoms. The fourth-order valence-electron chi connectivity index (χ4n) is 3.17. The van der Waals surface area contributed by atoms with Gasteiger partial charge < -0.3 is 15.7 Å². The number of hydrogen-bond donors (Lipinski definition) is 2. The number of hydrogen-bond acceptors (Lipinski definition) is 3. The number of rotatable bonds is 2. The van der Waals surface area contributed by atoms with E-state index in [1.807, 2.05) is 0 Å². The van der Waals surface area contributed by atoms with Crippen molar-refractivity contribution in [2.75, 3.05) is 13.1 Å². The van der Waals surface area contributed by atoms with Crippen LogP contribution < -0.4 is 5.73 Å². The molecular weight excluding hydrogens is 232 g/mol. The van der Waals surface area contributed by atoms with E-state index < -0.39 is 11.9 Å². The summed E-state index contributed by atoms with van der Waals surface area (Å²) in [5.74, 6) is -1.64. The van der Waals surface area contributed by atoms with Crippen molar-refractivity contribution in [3.8, 4) is 0 Å². The molecule has 5 nitrogen and oxygen atoms in total. The Morgan fingerprint density at radius 2 is 1.72 bits per heavy atom. The molecule has 0 aromatic heterocycles. The molecule has 2 fully saturated rings. The zero-order valence-corrected chi connectivity index (χ0v) is 10.7. The molecule has 1 unspecified atom stereocenters. The number of nitrogens with zero attached hydrogens (tertiary/aromatic N) is 1.